The molecule has 220 valence electrons. The average Bonchev–Trinajstić information content (AvgIpc) is 2.91. The second-order valence-electron chi connectivity index (χ2n) is 10.3. The number of nitrogens with one attached hydrogen (secondary N) is 7. The van der Waals surface area contributed by atoms with Gasteiger partial charge in [-0.05, 0) is 38.2 Å². The van der Waals surface area contributed by atoms with Gasteiger partial charge in [0.15, 0.2) is 5.96 Å². The number of rotatable bonds is 8. The van der Waals surface area contributed by atoms with E-state index in [1.165, 1.54) is 6.92 Å². The molecule has 0 aliphatic carbocycles. The summed E-state index contributed by atoms with van der Waals surface area (Å²) in [6.07, 6.45) is 0.807. The van der Waals surface area contributed by atoms with E-state index in [0.717, 1.165) is 0 Å². The second kappa shape index (κ2) is 14.8. The van der Waals surface area contributed by atoms with Crippen LogP contribution in [0.15, 0.2) is 30.3 Å². The maximum Gasteiger partial charge on any atom is 0.247 e. The number of amides is 5. The van der Waals surface area contributed by atoms with Crippen LogP contribution in [-0.4, -0.2) is 66.2 Å². The molecule has 13 nitrogen and oxygen atoms in total. The Morgan fingerprint density at radius 1 is 1.05 bits per heavy atom. The van der Waals surface area contributed by atoms with Crippen LogP contribution in [0.2, 0.25) is 0 Å². The topological polar surface area (TPSA) is 207 Å². The Morgan fingerprint density at radius 3 is 2.30 bits per heavy atom. The molecule has 0 bridgehead atoms. The summed E-state index contributed by atoms with van der Waals surface area (Å²) in [5, 5.41) is 23.7. The predicted octanol–water partition coefficient (Wildman–Crippen LogP) is -0.462. The Balaban J connectivity index is 2.44. The van der Waals surface area contributed by atoms with Crippen LogP contribution in [0.3, 0.4) is 0 Å². The van der Waals surface area contributed by atoms with Gasteiger partial charge in [-0.15, -0.1) is 0 Å². The molecule has 1 aliphatic rings. The lowest BCUT2D eigenvalue weighted by molar-refractivity contribution is -0.138. The summed E-state index contributed by atoms with van der Waals surface area (Å²) in [5.74, 6) is -3.23. The molecular formula is C27H42N8O5. The van der Waals surface area contributed by atoms with Crippen molar-refractivity contribution in [3.05, 3.63) is 35.9 Å². The van der Waals surface area contributed by atoms with E-state index >= 15 is 0 Å². The van der Waals surface area contributed by atoms with E-state index in [-0.39, 0.29) is 37.7 Å². The summed E-state index contributed by atoms with van der Waals surface area (Å²) < 4.78 is 0. The zero-order valence-electron chi connectivity index (χ0n) is 23.6. The molecule has 0 aromatic heterocycles. The third-order valence-corrected chi connectivity index (χ3v) is 6.68. The molecule has 1 fully saturated rings. The minimum atomic E-state index is -1.45. The van der Waals surface area contributed by atoms with Crippen LogP contribution in [0.1, 0.15) is 65.0 Å². The highest BCUT2D eigenvalue weighted by molar-refractivity contribution is 5.97. The molecule has 4 atom stereocenters. The second-order valence-corrected chi connectivity index (χ2v) is 10.3. The highest BCUT2D eigenvalue weighted by Gasteiger charge is 2.38. The van der Waals surface area contributed by atoms with Crippen LogP contribution in [-0.2, 0) is 24.0 Å². The zero-order valence-corrected chi connectivity index (χ0v) is 23.6. The Hall–Kier alpha value is -4.16. The Kier molecular flexibility index (Phi) is 11.9. The van der Waals surface area contributed by atoms with Crippen molar-refractivity contribution < 1.29 is 24.0 Å². The Morgan fingerprint density at radius 2 is 1.70 bits per heavy atom. The fraction of sp³-hybridized carbons (Fsp3) is 0.556. The van der Waals surface area contributed by atoms with E-state index in [0.29, 0.717) is 18.5 Å². The van der Waals surface area contributed by atoms with Gasteiger partial charge in [-0.2, -0.15) is 0 Å². The third kappa shape index (κ3) is 9.24. The van der Waals surface area contributed by atoms with Crippen LogP contribution in [0, 0.1) is 11.3 Å². The van der Waals surface area contributed by atoms with E-state index in [2.05, 4.69) is 31.9 Å². The summed E-state index contributed by atoms with van der Waals surface area (Å²) in [4.78, 5) is 66.0. The molecule has 0 saturated carbocycles. The van der Waals surface area contributed by atoms with Gasteiger partial charge in [0, 0.05) is 19.0 Å². The normalized spacial score (nSPS) is 24.6. The fourth-order valence-corrected chi connectivity index (χ4v) is 4.12. The fourth-order valence-electron chi connectivity index (χ4n) is 4.12. The van der Waals surface area contributed by atoms with Gasteiger partial charge < -0.3 is 37.6 Å². The van der Waals surface area contributed by atoms with E-state index < -0.39 is 53.2 Å². The molecule has 40 heavy (non-hydrogen) atoms. The molecule has 1 aromatic rings. The molecule has 0 unspecified atom stereocenters. The van der Waals surface area contributed by atoms with Crippen LogP contribution >= 0.6 is 0 Å². The van der Waals surface area contributed by atoms with Gasteiger partial charge in [-0.3, -0.25) is 29.4 Å². The van der Waals surface area contributed by atoms with Gasteiger partial charge in [-0.1, -0.05) is 51.1 Å². The van der Waals surface area contributed by atoms with Crippen LogP contribution in [0.25, 0.3) is 0 Å². The highest BCUT2D eigenvalue weighted by Crippen LogP contribution is 2.16. The van der Waals surface area contributed by atoms with Crippen LogP contribution in [0.4, 0.5) is 0 Å². The number of carbonyl (C=O) groups is 5. The molecule has 1 aliphatic heterocycles. The van der Waals surface area contributed by atoms with E-state index in [4.69, 9.17) is 11.1 Å². The predicted molar refractivity (Wildman–Crippen MR) is 150 cm³/mol. The number of guanidine groups is 1. The van der Waals surface area contributed by atoms with Gasteiger partial charge in [0.2, 0.25) is 29.5 Å². The largest absolute Gasteiger partial charge is 0.370 e. The van der Waals surface area contributed by atoms with Crippen molar-refractivity contribution >= 4 is 35.5 Å². The van der Waals surface area contributed by atoms with Gasteiger partial charge in [0.05, 0.1) is 0 Å². The van der Waals surface area contributed by atoms with Crippen molar-refractivity contribution in [2.45, 2.75) is 77.0 Å². The van der Waals surface area contributed by atoms with E-state index in [9.17, 15) is 24.0 Å². The summed E-state index contributed by atoms with van der Waals surface area (Å²) in [6.45, 7) is 6.94. The zero-order chi connectivity index (χ0) is 29.9. The lowest BCUT2D eigenvalue weighted by Crippen LogP contribution is -2.63. The summed E-state index contributed by atoms with van der Waals surface area (Å²) in [6, 6.07) is 5.63. The third-order valence-electron chi connectivity index (χ3n) is 6.68. The number of carbonyl (C=O) groups excluding carboxylic acids is 5. The summed E-state index contributed by atoms with van der Waals surface area (Å²) >= 11 is 0. The molecule has 9 N–H and O–H groups in total. The van der Waals surface area contributed by atoms with Gasteiger partial charge in [-0.25, -0.2) is 0 Å². The minimum Gasteiger partial charge on any atom is -0.370 e. The maximum absolute atomic E-state index is 13.6. The van der Waals surface area contributed by atoms with Crippen molar-refractivity contribution in [1.82, 2.24) is 31.9 Å². The van der Waals surface area contributed by atoms with Crippen molar-refractivity contribution in [2.75, 3.05) is 13.1 Å². The molecule has 1 aromatic carbocycles. The average molecular weight is 559 g/mol. The molecular weight excluding hydrogens is 516 g/mol. The minimum absolute atomic E-state index is 0.0108. The molecule has 2 rings (SSSR count). The number of hydrogen-bond donors (Lipinski definition) is 8. The van der Waals surface area contributed by atoms with E-state index in [1.807, 2.05) is 0 Å². The van der Waals surface area contributed by atoms with Crippen molar-refractivity contribution in [2.24, 2.45) is 11.7 Å². The van der Waals surface area contributed by atoms with Gasteiger partial charge in [0.1, 0.15) is 23.7 Å². The van der Waals surface area contributed by atoms with Crippen molar-refractivity contribution in [1.29, 1.82) is 5.41 Å². The standard InChI is InChI=1S/C27H42N8O5/c1-5-18-22(37)34-20(17-10-7-6-8-11-17)24(39)30-15-13-27(4,35-21(36)16(2)3)25(40)33-19(23(38)32-18)12-9-14-31-26(28)29/h6-8,10-11,16,18-20H,5,9,12-15H2,1-4H3,(H,30,39)(H,32,38)(H,33,40)(H,34,37)(H,35,36)(H4,28,29,31)/t18-,19-,20+,27+/m0/s1. The maximum atomic E-state index is 13.6. The first kappa shape index (κ1) is 32.1. The smallest absolute Gasteiger partial charge is 0.247 e. The number of benzene rings is 1. The number of nitrogens with two attached hydrogens (primary N) is 1. The molecule has 0 radical (unpaired) electrons. The first-order chi connectivity index (χ1) is 18.9. The SMILES string of the molecule is CC[C@@H]1NC(=O)[C@H](CCCNC(=N)N)NC(=O)[C@](C)(NC(=O)C(C)C)CCNC(=O)[C@@H](c2ccccc2)NC1=O. The van der Waals surface area contributed by atoms with Gasteiger partial charge >= 0.3 is 0 Å². The Bertz CT molecular complexity index is 1080. The monoisotopic (exact) mass is 558 g/mol. The van der Waals surface area contributed by atoms with Gasteiger partial charge in [0.25, 0.3) is 0 Å². The summed E-state index contributed by atoms with van der Waals surface area (Å²) in [5.41, 5.74) is 4.43. The molecule has 0 spiro atoms. The quantitative estimate of drug-likeness (QED) is 0.119. The summed E-state index contributed by atoms with van der Waals surface area (Å²) in [7, 11) is 0. The van der Waals surface area contributed by atoms with Crippen molar-refractivity contribution in [3.8, 4) is 0 Å². The Labute approximate surface area is 234 Å². The molecule has 13 heteroatoms. The first-order valence-electron chi connectivity index (χ1n) is 13.5. The van der Waals surface area contributed by atoms with E-state index in [1.54, 1.807) is 51.1 Å². The highest BCUT2D eigenvalue weighted by atomic mass is 16.2. The van der Waals surface area contributed by atoms with Crippen molar-refractivity contribution in [3.63, 3.8) is 0 Å². The molecule has 1 saturated heterocycles. The van der Waals surface area contributed by atoms with Crippen LogP contribution in [0.5, 0.6) is 0 Å². The first-order valence-corrected chi connectivity index (χ1v) is 13.5. The lowest BCUT2D eigenvalue weighted by Gasteiger charge is -2.33. The molecule has 1 heterocycles. The van der Waals surface area contributed by atoms with Crippen LogP contribution < -0.4 is 37.6 Å². The number of hydrogen-bond acceptors (Lipinski definition) is 6. The molecule has 5 amide bonds. The lowest BCUT2D eigenvalue weighted by atomic mass is 9.94.